The molecule has 1 N–H and O–H groups in total. The van der Waals surface area contributed by atoms with Gasteiger partial charge in [-0.15, -0.1) is 0 Å². The Bertz CT molecular complexity index is 1080. The molecule has 1 aliphatic rings. The maximum absolute atomic E-state index is 14.0. The van der Waals surface area contributed by atoms with Crippen LogP contribution in [-0.4, -0.2) is 31.1 Å². The number of aliphatic imine (C=N–C) groups is 1. The molecule has 2 rings (SSSR count). The van der Waals surface area contributed by atoms with Crippen LogP contribution in [0.1, 0.15) is 85.1 Å². The summed E-state index contributed by atoms with van der Waals surface area (Å²) in [7, 11) is 1.81. The van der Waals surface area contributed by atoms with E-state index in [0.717, 1.165) is 64.9 Å². The molecule has 0 aromatic heterocycles. The predicted molar refractivity (Wildman–Crippen MR) is 157 cm³/mol. The monoisotopic (exact) mass is 506 g/mol. The molecule has 0 saturated heterocycles. The molecule has 3 atom stereocenters. The number of allylic oxidation sites excluding steroid dienone is 6. The fraction of sp³-hybridized carbons (Fsp3) is 0.515. The molecule has 1 aromatic carbocycles. The summed E-state index contributed by atoms with van der Waals surface area (Å²) in [6.45, 7) is 22.6. The van der Waals surface area contributed by atoms with Crippen LogP contribution in [0.15, 0.2) is 76.4 Å². The molecule has 3 nitrogen and oxygen atoms in total. The number of halogens is 1. The van der Waals surface area contributed by atoms with Gasteiger partial charge in [-0.2, -0.15) is 0 Å². The highest BCUT2D eigenvalue weighted by atomic mass is 19.1. The quantitative estimate of drug-likeness (QED) is 0.217. The second-order valence-electron chi connectivity index (χ2n) is 11.1. The average molecular weight is 507 g/mol. The Balaban J connectivity index is 2.58. The van der Waals surface area contributed by atoms with Crippen LogP contribution in [0.3, 0.4) is 0 Å². The van der Waals surface area contributed by atoms with E-state index in [0.29, 0.717) is 30.6 Å². The van der Waals surface area contributed by atoms with Gasteiger partial charge in [0.1, 0.15) is 11.6 Å². The van der Waals surface area contributed by atoms with Crippen molar-refractivity contribution >= 4 is 11.5 Å². The summed E-state index contributed by atoms with van der Waals surface area (Å²) < 4.78 is 14.0. The van der Waals surface area contributed by atoms with E-state index in [-0.39, 0.29) is 17.7 Å². The molecule has 4 heteroatoms. The smallest absolute Gasteiger partial charge is 0.133 e. The molecular formula is C33H47FN2O. The highest BCUT2D eigenvalue weighted by molar-refractivity contribution is 6.04. The molecule has 0 spiro atoms. The third-order valence-electron chi connectivity index (χ3n) is 7.26. The second-order valence-corrected chi connectivity index (χ2v) is 11.1. The first-order chi connectivity index (χ1) is 17.4. The molecular weight excluding hydrogens is 459 g/mol. The van der Waals surface area contributed by atoms with Crippen molar-refractivity contribution in [2.24, 2.45) is 16.8 Å². The van der Waals surface area contributed by atoms with Crippen molar-refractivity contribution in [2.45, 2.75) is 85.6 Å². The lowest BCUT2D eigenvalue weighted by molar-refractivity contribution is -0.117. The number of nitrogens with zero attached hydrogens (tertiary/aromatic N) is 1. The first kappa shape index (κ1) is 30.6. The highest BCUT2D eigenvalue weighted by Crippen LogP contribution is 2.40. The SMILES string of the molecule is C=C(C)/C(C(=C)CC[C@@H](C)NCC(C)C)=C(C(=C\C(C)c1cccc(F)c1)/C1CCC(=O)C1)\C(C)=N/C. The molecule has 0 aliphatic heterocycles. The first-order valence-electron chi connectivity index (χ1n) is 13.7. The molecule has 0 amide bonds. The summed E-state index contributed by atoms with van der Waals surface area (Å²) in [5, 5.41) is 3.61. The first-order valence-corrected chi connectivity index (χ1v) is 13.7. The Morgan fingerprint density at radius 1 is 1.19 bits per heavy atom. The molecule has 37 heavy (non-hydrogen) atoms. The van der Waals surface area contributed by atoms with Gasteiger partial charge in [0.2, 0.25) is 0 Å². The Kier molecular flexibility index (Phi) is 11.9. The zero-order chi connectivity index (χ0) is 27.7. The number of carbonyl (C=O) groups excluding carboxylic acids is 1. The molecule has 0 heterocycles. The summed E-state index contributed by atoms with van der Waals surface area (Å²) in [4.78, 5) is 17.0. The van der Waals surface area contributed by atoms with Crippen molar-refractivity contribution in [3.8, 4) is 0 Å². The van der Waals surface area contributed by atoms with Crippen LogP contribution in [0.4, 0.5) is 4.39 Å². The number of hydrogen-bond donors (Lipinski definition) is 1. The molecule has 2 unspecified atom stereocenters. The van der Waals surface area contributed by atoms with Gasteiger partial charge < -0.3 is 5.32 Å². The standard InChI is InChI=1S/C33H47FN2O/c1-21(2)20-36-25(7)14-13-23(5)32(22(3)4)33(26(8)35-9)31(28-15-16-30(37)19-28)17-24(6)27-11-10-12-29(34)18-27/h10-12,17-18,21,24-25,28,36H,3,5,13-16,19-20H2,1-2,4,6-9H3/b31-17-,33-32-,35-26-/t24?,25-,28?/m1/s1. The van der Waals surface area contributed by atoms with E-state index in [1.807, 2.05) is 19.9 Å². The largest absolute Gasteiger partial charge is 0.314 e. The van der Waals surface area contributed by atoms with Gasteiger partial charge in [-0.05, 0) is 98.7 Å². The molecule has 1 aliphatic carbocycles. The van der Waals surface area contributed by atoms with Gasteiger partial charge in [0.25, 0.3) is 0 Å². The molecule has 1 aromatic rings. The minimum atomic E-state index is -0.242. The van der Waals surface area contributed by atoms with E-state index >= 15 is 0 Å². The van der Waals surface area contributed by atoms with Crippen LogP contribution in [0, 0.1) is 17.7 Å². The van der Waals surface area contributed by atoms with E-state index < -0.39 is 0 Å². The number of nitrogens with one attached hydrogen (secondary N) is 1. The van der Waals surface area contributed by atoms with E-state index in [2.05, 4.69) is 57.2 Å². The van der Waals surface area contributed by atoms with Gasteiger partial charge in [0.05, 0.1) is 0 Å². The van der Waals surface area contributed by atoms with Crippen molar-refractivity contribution in [2.75, 3.05) is 13.6 Å². The van der Waals surface area contributed by atoms with Crippen LogP contribution in [0.2, 0.25) is 0 Å². The number of hydrogen-bond acceptors (Lipinski definition) is 3. The second kappa shape index (κ2) is 14.4. The number of rotatable bonds is 13. The zero-order valence-electron chi connectivity index (χ0n) is 24.1. The van der Waals surface area contributed by atoms with Crippen molar-refractivity contribution in [1.29, 1.82) is 0 Å². The third kappa shape index (κ3) is 9.03. The minimum Gasteiger partial charge on any atom is -0.314 e. The summed E-state index contributed by atoms with van der Waals surface area (Å²) in [6, 6.07) is 7.14. The van der Waals surface area contributed by atoms with Crippen molar-refractivity contribution in [3.05, 3.63) is 82.7 Å². The lowest BCUT2D eigenvalue weighted by atomic mass is 9.79. The summed E-state index contributed by atoms with van der Waals surface area (Å²) in [6.07, 6.45) is 5.95. The summed E-state index contributed by atoms with van der Waals surface area (Å²) >= 11 is 0. The van der Waals surface area contributed by atoms with Crippen molar-refractivity contribution in [1.82, 2.24) is 5.32 Å². The van der Waals surface area contributed by atoms with Gasteiger partial charge in [-0.25, -0.2) is 4.39 Å². The minimum absolute atomic E-state index is 0.0269. The Labute approximate surface area is 224 Å². The van der Waals surface area contributed by atoms with Gasteiger partial charge in [-0.3, -0.25) is 9.79 Å². The molecule has 1 fully saturated rings. The van der Waals surface area contributed by atoms with Crippen LogP contribution in [0.25, 0.3) is 0 Å². The Morgan fingerprint density at radius 2 is 1.89 bits per heavy atom. The maximum Gasteiger partial charge on any atom is 0.133 e. The number of benzene rings is 1. The van der Waals surface area contributed by atoms with Gasteiger partial charge in [0.15, 0.2) is 0 Å². The van der Waals surface area contributed by atoms with E-state index in [1.54, 1.807) is 19.2 Å². The van der Waals surface area contributed by atoms with Crippen LogP contribution in [-0.2, 0) is 4.79 Å². The van der Waals surface area contributed by atoms with Gasteiger partial charge >= 0.3 is 0 Å². The molecule has 0 bridgehead atoms. The van der Waals surface area contributed by atoms with Crippen LogP contribution in [0.5, 0.6) is 0 Å². The lowest BCUT2D eigenvalue weighted by Gasteiger charge is -2.26. The third-order valence-corrected chi connectivity index (χ3v) is 7.26. The normalized spacial score (nSPS) is 19.2. The highest BCUT2D eigenvalue weighted by Gasteiger charge is 2.30. The van der Waals surface area contributed by atoms with Crippen LogP contribution >= 0.6 is 0 Å². The molecule has 0 radical (unpaired) electrons. The predicted octanol–water partition coefficient (Wildman–Crippen LogP) is 8.16. The summed E-state index contributed by atoms with van der Waals surface area (Å²) in [5.41, 5.74) is 6.98. The van der Waals surface area contributed by atoms with Gasteiger partial charge in [0, 0.05) is 37.2 Å². The van der Waals surface area contributed by atoms with E-state index in [9.17, 15) is 9.18 Å². The fourth-order valence-corrected chi connectivity index (χ4v) is 5.05. The van der Waals surface area contributed by atoms with Crippen molar-refractivity contribution in [3.63, 3.8) is 0 Å². The van der Waals surface area contributed by atoms with E-state index in [4.69, 9.17) is 0 Å². The summed E-state index contributed by atoms with van der Waals surface area (Å²) in [5.74, 6) is 0.729. The van der Waals surface area contributed by atoms with Crippen LogP contribution < -0.4 is 5.32 Å². The Hall–Kier alpha value is -2.59. The fourth-order valence-electron chi connectivity index (χ4n) is 5.05. The zero-order valence-corrected chi connectivity index (χ0v) is 24.1. The number of Topliss-reactive ketones (excluding diaryl/α,β-unsaturated/α-hetero) is 1. The Morgan fingerprint density at radius 3 is 2.43 bits per heavy atom. The van der Waals surface area contributed by atoms with Gasteiger partial charge in [-0.1, -0.05) is 57.7 Å². The average Bonchev–Trinajstić information content (AvgIpc) is 3.28. The number of carbonyl (C=O) groups is 1. The van der Waals surface area contributed by atoms with E-state index in [1.165, 1.54) is 6.07 Å². The molecule has 1 saturated carbocycles. The maximum atomic E-state index is 14.0. The lowest BCUT2D eigenvalue weighted by Crippen LogP contribution is -2.29. The topological polar surface area (TPSA) is 41.5 Å². The molecule has 202 valence electrons. The van der Waals surface area contributed by atoms with Crippen molar-refractivity contribution < 1.29 is 9.18 Å². The number of ketones is 1.